The summed E-state index contributed by atoms with van der Waals surface area (Å²) in [5, 5.41) is 6.86. The quantitative estimate of drug-likeness (QED) is 0.173. The highest BCUT2D eigenvalue weighted by atomic mass is 16.3. The Morgan fingerprint density at radius 3 is 1.64 bits per heavy atom. The lowest BCUT2D eigenvalue weighted by Crippen LogP contribution is -2.11. The summed E-state index contributed by atoms with van der Waals surface area (Å²) in [4.78, 5) is 2.40. The first-order chi connectivity index (χ1) is 27.3. The summed E-state index contributed by atoms with van der Waals surface area (Å²) in [6.45, 7) is 0. The minimum atomic E-state index is 0.870. The summed E-state index contributed by atoms with van der Waals surface area (Å²) in [5.41, 5.74) is 13.7. The summed E-state index contributed by atoms with van der Waals surface area (Å²) in [7, 11) is 0. The Bertz CT molecular complexity index is 3220. The van der Waals surface area contributed by atoms with Crippen LogP contribution in [0.15, 0.2) is 209 Å². The molecule has 258 valence electrons. The van der Waals surface area contributed by atoms with Crippen LogP contribution in [-0.2, 0) is 0 Å². The number of para-hydroxylation sites is 3. The van der Waals surface area contributed by atoms with Gasteiger partial charge in [0, 0.05) is 38.5 Å². The first-order valence-corrected chi connectivity index (χ1v) is 18.7. The third-order valence-electron chi connectivity index (χ3n) is 10.9. The molecule has 3 heteroatoms. The molecule has 0 N–H and O–H groups in total. The SMILES string of the molecule is c1ccc(-c2cccc3cccc(-c4ccccc4N(c4cccc(-c5ccc6oc7ccccc7c6c5)c4)c4ccc5oc6ccccc6c5c4)c23)cc1. The van der Waals surface area contributed by atoms with Gasteiger partial charge in [0.2, 0.25) is 0 Å². The Kier molecular flexibility index (Phi) is 7.17. The van der Waals surface area contributed by atoms with Crippen LogP contribution in [0, 0.1) is 0 Å². The molecule has 2 aromatic heterocycles. The maximum atomic E-state index is 6.30. The summed E-state index contributed by atoms with van der Waals surface area (Å²) in [5.74, 6) is 0. The zero-order valence-electron chi connectivity index (χ0n) is 29.8. The lowest BCUT2D eigenvalue weighted by atomic mass is 9.90. The maximum Gasteiger partial charge on any atom is 0.135 e. The van der Waals surface area contributed by atoms with Crippen LogP contribution in [0.3, 0.4) is 0 Å². The average molecular weight is 704 g/mol. The fourth-order valence-electron chi connectivity index (χ4n) is 8.33. The fourth-order valence-corrected chi connectivity index (χ4v) is 8.33. The van der Waals surface area contributed by atoms with E-state index >= 15 is 0 Å². The van der Waals surface area contributed by atoms with Crippen molar-refractivity contribution in [3.8, 4) is 33.4 Å². The Morgan fingerprint density at radius 1 is 0.309 bits per heavy atom. The number of benzene rings is 9. The van der Waals surface area contributed by atoms with Gasteiger partial charge < -0.3 is 13.7 Å². The molecule has 0 saturated heterocycles. The maximum absolute atomic E-state index is 6.30. The molecule has 0 spiro atoms. The van der Waals surface area contributed by atoms with Crippen molar-refractivity contribution in [1.82, 2.24) is 0 Å². The highest BCUT2D eigenvalue weighted by molar-refractivity contribution is 6.10. The molecule has 0 radical (unpaired) electrons. The molecular formula is C52H33NO2. The monoisotopic (exact) mass is 703 g/mol. The summed E-state index contributed by atoms with van der Waals surface area (Å²) in [6.07, 6.45) is 0. The number of nitrogens with zero attached hydrogens (tertiary/aromatic N) is 1. The van der Waals surface area contributed by atoms with Crippen molar-refractivity contribution in [3.63, 3.8) is 0 Å². The van der Waals surface area contributed by atoms with E-state index in [2.05, 4.69) is 181 Å². The number of hydrogen-bond acceptors (Lipinski definition) is 3. The van der Waals surface area contributed by atoms with Gasteiger partial charge in [-0.25, -0.2) is 0 Å². The molecule has 11 aromatic rings. The molecule has 0 atom stereocenters. The molecule has 0 aliphatic carbocycles. The van der Waals surface area contributed by atoms with Gasteiger partial charge in [-0.2, -0.15) is 0 Å². The smallest absolute Gasteiger partial charge is 0.135 e. The lowest BCUT2D eigenvalue weighted by molar-refractivity contribution is 0.668. The molecule has 3 nitrogen and oxygen atoms in total. The van der Waals surface area contributed by atoms with E-state index in [1.54, 1.807) is 0 Å². The van der Waals surface area contributed by atoms with Crippen molar-refractivity contribution in [1.29, 1.82) is 0 Å². The molecule has 11 rings (SSSR count). The minimum Gasteiger partial charge on any atom is -0.456 e. The van der Waals surface area contributed by atoms with Crippen molar-refractivity contribution in [2.45, 2.75) is 0 Å². The third kappa shape index (κ3) is 5.20. The van der Waals surface area contributed by atoms with Crippen molar-refractivity contribution in [2.24, 2.45) is 0 Å². The normalized spacial score (nSPS) is 11.6. The number of fused-ring (bicyclic) bond motifs is 7. The van der Waals surface area contributed by atoms with Gasteiger partial charge in [0.25, 0.3) is 0 Å². The second-order valence-corrected chi connectivity index (χ2v) is 14.1. The molecule has 0 aliphatic rings. The minimum absolute atomic E-state index is 0.870. The number of rotatable bonds is 6. The van der Waals surface area contributed by atoms with Crippen molar-refractivity contribution in [2.75, 3.05) is 4.90 Å². The van der Waals surface area contributed by atoms with Gasteiger partial charge in [0.15, 0.2) is 0 Å². The van der Waals surface area contributed by atoms with Crippen molar-refractivity contribution < 1.29 is 8.83 Å². The van der Waals surface area contributed by atoms with Crippen LogP contribution in [0.4, 0.5) is 17.1 Å². The molecule has 2 heterocycles. The van der Waals surface area contributed by atoms with Gasteiger partial charge in [-0.15, -0.1) is 0 Å². The summed E-state index contributed by atoms with van der Waals surface area (Å²) in [6, 6.07) is 71.2. The number of hydrogen-bond donors (Lipinski definition) is 0. The van der Waals surface area contributed by atoms with Crippen LogP contribution < -0.4 is 4.90 Å². The fraction of sp³-hybridized carbons (Fsp3) is 0. The largest absolute Gasteiger partial charge is 0.456 e. The molecule has 0 unspecified atom stereocenters. The van der Waals surface area contributed by atoms with Gasteiger partial charge in [-0.1, -0.05) is 140 Å². The van der Waals surface area contributed by atoms with Crippen LogP contribution >= 0.6 is 0 Å². The molecule has 0 fully saturated rings. The van der Waals surface area contributed by atoms with E-state index in [9.17, 15) is 0 Å². The second kappa shape index (κ2) is 12.6. The molecular weight excluding hydrogens is 671 g/mol. The van der Waals surface area contributed by atoms with E-state index in [1.807, 2.05) is 24.3 Å². The molecule has 0 aliphatic heterocycles. The van der Waals surface area contributed by atoms with E-state index < -0.39 is 0 Å². The van der Waals surface area contributed by atoms with Gasteiger partial charge in [-0.3, -0.25) is 0 Å². The zero-order chi connectivity index (χ0) is 36.3. The molecule has 0 amide bonds. The first-order valence-electron chi connectivity index (χ1n) is 18.7. The summed E-state index contributed by atoms with van der Waals surface area (Å²) >= 11 is 0. The Morgan fingerprint density at radius 2 is 0.855 bits per heavy atom. The molecule has 9 aromatic carbocycles. The van der Waals surface area contributed by atoms with Gasteiger partial charge in [0.1, 0.15) is 22.3 Å². The predicted octanol–water partition coefficient (Wildman–Crippen LogP) is 15.1. The number of furan rings is 2. The van der Waals surface area contributed by atoms with E-state index in [0.717, 1.165) is 77.6 Å². The van der Waals surface area contributed by atoms with E-state index in [4.69, 9.17) is 8.83 Å². The second-order valence-electron chi connectivity index (χ2n) is 14.1. The van der Waals surface area contributed by atoms with Gasteiger partial charge >= 0.3 is 0 Å². The Balaban J connectivity index is 1.15. The van der Waals surface area contributed by atoms with E-state index in [0.29, 0.717) is 0 Å². The van der Waals surface area contributed by atoms with Gasteiger partial charge in [-0.05, 0) is 99.3 Å². The first kappa shape index (κ1) is 31.2. The van der Waals surface area contributed by atoms with Crippen LogP contribution in [0.5, 0.6) is 0 Å². The average Bonchev–Trinajstić information content (AvgIpc) is 3.82. The van der Waals surface area contributed by atoms with Crippen molar-refractivity contribution >= 4 is 71.7 Å². The number of anilines is 3. The molecule has 0 saturated carbocycles. The van der Waals surface area contributed by atoms with Crippen LogP contribution in [0.1, 0.15) is 0 Å². The van der Waals surface area contributed by atoms with Crippen LogP contribution in [0.25, 0.3) is 88.0 Å². The highest BCUT2D eigenvalue weighted by Gasteiger charge is 2.21. The van der Waals surface area contributed by atoms with E-state index in [-0.39, 0.29) is 0 Å². The van der Waals surface area contributed by atoms with Crippen LogP contribution in [-0.4, -0.2) is 0 Å². The Labute approximate surface area is 317 Å². The van der Waals surface area contributed by atoms with Gasteiger partial charge in [0.05, 0.1) is 5.69 Å². The van der Waals surface area contributed by atoms with E-state index in [1.165, 1.54) is 27.5 Å². The zero-order valence-corrected chi connectivity index (χ0v) is 29.8. The standard InChI is InChI=1S/C52H33NO2/c1-2-13-34(14-3-1)40-22-11-15-35-16-12-23-44(52(35)40)41-19-4-7-24-47(41)53(39-28-30-51-46(33-39)43-21-6-9-26-49(43)55-51)38-18-10-17-36(31-38)37-27-29-50-45(32-37)42-20-5-8-25-48(42)54-50/h1-33H. The summed E-state index contributed by atoms with van der Waals surface area (Å²) < 4.78 is 12.5. The highest BCUT2D eigenvalue weighted by Crippen LogP contribution is 2.46. The van der Waals surface area contributed by atoms with Crippen molar-refractivity contribution in [3.05, 3.63) is 200 Å². The lowest BCUT2D eigenvalue weighted by Gasteiger charge is -2.29. The van der Waals surface area contributed by atoms with Crippen LogP contribution in [0.2, 0.25) is 0 Å². The Hall–Kier alpha value is -7.36. The predicted molar refractivity (Wildman–Crippen MR) is 229 cm³/mol. The molecule has 0 bridgehead atoms. The molecule has 55 heavy (non-hydrogen) atoms. The third-order valence-corrected chi connectivity index (χ3v) is 10.9. The topological polar surface area (TPSA) is 29.5 Å².